The molecule has 1 unspecified atom stereocenters. The molecular formula is C8H7AgN3O5S. The van der Waals surface area contributed by atoms with Crippen molar-refractivity contribution in [1.82, 2.24) is 0 Å². The van der Waals surface area contributed by atoms with Crippen molar-refractivity contribution < 1.29 is 45.3 Å². The van der Waals surface area contributed by atoms with Crippen molar-refractivity contribution in [3.05, 3.63) is 23.8 Å². The predicted molar refractivity (Wildman–Crippen MR) is 56.0 cm³/mol. The first kappa shape index (κ1) is 14.9. The van der Waals surface area contributed by atoms with Crippen molar-refractivity contribution >= 4 is 21.8 Å². The molecule has 0 saturated carbocycles. The average Bonchev–Trinajstić information content (AvgIpc) is 2.61. The van der Waals surface area contributed by atoms with Gasteiger partial charge in [0.2, 0.25) is 0 Å². The maximum atomic E-state index is 11.3. The van der Waals surface area contributed by atoms with E-state index >= 15 is 0 Å². The molecule has 0 aromatic carbocycles. The first-order valence-corrected chi connectivity index (χ1v) is 5.89. The van der Waals surface area contributed by atoms with Crippen molar-refractivity contribution in [2.45, 2.75) is 11.3 Å². The Morgan fingerprint density at radius 3 is 2.67 bits per heavy atom. The van der Waals surface area contributed by atoms with Crippen molar-refractivity contribution in [2.75, 3.05) is 0 Å². The number of fused-ring (bicyclic) bond motifs is 1. The van der Waals surface area contributed by atoms with Crippen LogP contribution in [0.4, 0.5) is 0 Å². The normalized spacial score (nSPS) is 24.9. The molecule has 2 rings (SSSR count). The number of carbonyl (C=O) groups is 1. The Morgan fingerprint density at radius 1 is 1.44 bits per heavy atom. The van der Waals surface area contributed by atoms with Crippen molar-refractivity contribution in [3.8, 4) is 0 Å². The van der Waals surface area contributed by atoms with E-state index in [9.17, 15) is 13.2 Å². The molecule has 2 aliphatic rings. The maximum absolute atomic E-state index is 11.3. The molecule has 2 N–H and O–H groups in total. The maximum Gasteiger partial charge on any atom is 0.307 e. The van der Waals surface area contributed by atoms with E-state index in [2.05, 4.69) is 15.4 Å². The Morgan fingerprint density at radius 2 is 2.11 bits per heavy atom. The van der Waals surface area contributed by atoms with Gasteiger partial charge >= 0.3 is 16.1 Å². The zero-order valence-electron chi connectivity index (χ0n) is 8.61. The molecule has 0 aromatic rings. The van der Waals surface area contributed by atoms with Gasteiger partial charge < -0.3 is 5.11 Å². The summed E-state index contributed by atoms with van der Waals surface area (Å²) in [6, 6.07) is 0. The summed E-state index contributed by atoms with van der Waals surface area (Å²) in [7, 11) is -4.60. The van der Waals surface area contributed by atoms with Crippen molar-refractivity contribution in [2.24, 2.45) is 15.4 Å². The number of aliphatic carboxylic acids is 1. The van der Waals surface area contributed by atoms with Crippen LogP contribution in [-0.2, 0) is 37.3 Å². The number of rotatable bonds is 3. The molecule has 1 radical (unpaired) electrons. The van der Waals surface area contributed by atoms with Gasteiger partial charge in [-0.1, -0.05) is 12.2 Å². The average molecular weight is 365 g/mol. The van der Waals surface area contributed by atoms with E-state index in [1.807, 2.05) is 0 Å². The quantitative estimate of drug-likeness (QED) is 0.551. The Bertz CT molecular complexity index is 606. The topological polar surface area (TPSA) is 129 Å². The van der Waals surface area contributed by atoms with E-state index in [-0.39, 0.29) is 33.7 Å². The van der Waals surface area contributed by atoms with E-state index in [0.29, 0.717) is 0 Å². The molecule has 1 aliphatic heterocycles. The monoisotopic (exact) mass is 364 g/mol. The minimum atomic E-state index is -4.60. The van der Waals surface area contributed by atoms with Gasteiger partial charge in [-0.2, -0.15) is 8.42 Å². The molecule has 0 aromatic heterocycles. The SMILES string of the molecule is O=C(O)CC1=CC=CC2(S(=O)(=O)O)N=NN=C12.[Ag]. The summed E-state index contributed by atoms with van der Waals surface area (Å²) in [4.78, 5) is 8.53. The van der Waals surface area contributed by atoms with Crippen LogP contribution >= 0.6 is 0 Å². The zero-order chi connectivity index (χ0) is 12.7. The van der Waals surface area contributed by atoms with Gasteiger partial charge in [0.25, 0.3) is 4.87 Å². The molecule has 18 heavy (non-hydrogen) atoms. The Labute approximate surface area is 117 Å². The van der Waals surface area contributed by atoms with E-state index < -0.39 is 27.4 Å². The molecule has 1 aliphatic carbocycles. The molecule has 8 nitrogen and oxygen atoms in total. The number of nitrogens with zero attached hydrogens (tertiary/aromatic N) is 3. The van der Waals surface area contributed by atoms with E-state index in [4.69, 9.17) is 9.66 Å². The minimum absolute atomic E-state index is 0. The van der Waals surface area contributed by atoms with Gasteiger partial charge in [-0.25, -0.2) is 0 Å². The van der Waals surface area contributed by atoms with Gasteiger partial charge in [0.15, 0.2) is 0 Å². The Hall–Kier alpha value is -1.13. The van der Waals surface area contributed by atoms with Crippen LogP contribution in [0, 0.1) is 0 Å². The van der Waals surface area contributed by atoms with Crippen molar-refractivity contribution in [3.63, 3.8) is 0 Å². The summed E-state index contributed by atoms with van der Waals surface area (Å²) >= 11 is 0. The van der Waals surface area contributed by atoms with Gasteiger partial charge in [-0.15, -0.1) is 10.2 Å². The van der Waals surface area contributed by atoms with Gasteiger partial charge in [0.1, 0.15) is 5.71 Å². The van der Waals surface area contributed by atoms with Crippen LogP contribution in [0.2, 0.25) is 0 Å². The number of allylic oxidation sites excluding steroid dienone is 2. The molecule has 0 fully saturated rings. The molecule has 0 spiro atoms. The number of carboxylic acids is 1. The van der Waals surface area contributed by atoms with E-state index in [0.717, 1.165) is 6.08 Å². The first-order chi connectivity index (χ1) is 7.87. The zero-order valence-corrected chi connectivity index (χ0v) is 10.9. The van der Waals surface area contributed by atoms with Gasteiger partial charge in [0.05, 0.1) is 6.42 Å². The molecule has 0 bridgehead atoms. The molecular weight excluding hydrogens is 358 g/mol. The second kappa shape index (κ2) is 4.86. The Balaban J connectivity index is 0.00000162. The number of hydrogen-bond acceptors (Lipinski definition) is 6. The van der Waals surface area contributed by atoms with Crippen LogP contribution in [0.1, 0.15) is 6.42 Å². The minimum Gasteiger partial charge on any atom is -0.481 e. The van der Waals surface area contributed by atoms with Crippen LogP contribution in [0.5, 0.6) is 0 Å². The van der Waals surface area contributed by atoms with Gasteiger partial charge in [0, 0.05) is 22.4 Å². The molecule has 0 saturated heterocycles. The second-order valence-corrected chi connectivity index (χ2v) is 5.00. The first-order valence-electron chi connectivity index (χ1n) is 4.45. The smallest absolute Gasteiger partial charge is 0.307 e. The van der Waals surface area contributed by atoms with Crippen molar-refractivity contribution in [1.29, 1.82) is 0 Å². The fraction of sp³-hybridized carbons (Fsp3) is 0.250. The predicted octanol–water partition coefficient (Wildman–Crippen LogP) is 0.361. The standard InChI is InChI=1S/C8H7N3O5S.Ag/c12-6(13)4-5-2-1-3-8(17(14,15)16)7(5)9-11-10-8;/h1-3H,4H2,(H,12,13)(H,14,15,16);. The van der Waals surface area contributed by atoms with Crippen LogP contribution < -0.4 is 0 Å². The summed E-state index contributed by atoms with van der Waals surface area (Å²) in [5.41, 5.74) is -0.0347. The third-order valence-corrected chi connectivity index (χ3v) is 3.53. The number of carboxylic acid groups (broad SMARTS) is 1. The van der Waals surface area contributed by atoms with Crippen LogP contribution in [0.25, 0.3) is 0 Å². The fourth-order valence-electron chi connectivity index (χ4n) is 1.60. The molecule has 10 heteroatoms. The van der Waals surface area contributed by atoms with Crippen LogP contribution in [0.15, 0.2) is 39.2 Å². The summed E-state index contributed by atoms with van der Waals surface area (Å²) in [6.07, 6.45) is 3.37. The van der Waals surface area contributed by atoms with Gasteiger partial charge in [-0.05, 0) is 16.9 Å². The van der Waals surface area contributed by atoms with Crippen LogP contribution in [-0.4, -0.2) is 34.6 Å². The molecule has 0 amide bonds. The van der Waals surface area contributed by atoms with E-state index in [1.165, 1.54) is 12.2 Å². The summed E-state index contributed by atoms with van der Waals surface area (Å²) in [5, 5.41) is 18.8. The molecule has 1 heterocycles. The molecule has 1 atom stereocenters. The third kappa shape index (κ3) is 2.22. The van der Waals surface area contributed by atoms with Crippen LogP contribution in [0.3, 0.4) is 0 Å². The third-order valence-electron chi connectivity index (χ3n) is 2.34. The molecule has 101 valence electrons. The number of hydrogen-bond donors (Lipinski definition) is 2. The van der Waals surface area contributed by atoms with Gasteiger partial charge in [-0.3, -0.25) is 9.35 Å². The second-order valence-electron chi connectivity index (χ2n) is 3.43. The van der Waals surface area contributed by atoms with E-state index in [1.54, 1.807) is 0 Å². The Kier molecular flexibility index (Phi) is 4.03. The summed E-state index contributed by atoms with van der Waals surface area (Å²) in [5.74, 6) is -1.15. The fourth-order valence-corrected chi connectivity index (χ4v) is 2.40. The summed E-state index contributed by atoms with van der Waals surface area (Å²) in [6.45, 7) is 0. The largest absolute Gasteiger partial charge is 0.481 e. The summed E-state index contributed by atoms with van der Waals surface area (Å²) < 4.78 is 31.8.